The van der Waals surface area contributed by atoms with Gasteiger partial charge in [0, 0.05) is 18.5 Å². The quantitative estimate of drug-likeness (QED) is 0.546. The molecule has 0 aliphatic carbocycles. The molecule has 0 saturated heterocycles. The second kappa shape index (κ2) is 10.5. The summed E-state index contributed by atoms with van der Waals surface area (Å²) in [5.41, 5.74) is 0.173. The first kappa shape index (κ1) is 17.6. The van der Waals surface area contributed by atoms with Gasteiger partial charge in [-0.25, -0.2) is 0 Å². The Morgan fingerprint density at radius 1 is 1.11 bits per heavy atom. The lowest BCUT2D eigenvalue weighted by molar-refractivity contribution is -0.124. The fourth-order valence-corrected chi connectivity index (χ4v) is 1.34. The normalized spacial score (nSPS) is 11.8. The molecule has 18 heavy (non-hydrogen) atoms. The van der Waals surface area contributed by atoms with Crippen molar-refractivity contribution in [2.45, 2.75) is 52.5 Å². The molecule has 0 fully saturated rings. The Balaban J connectivity index is 3.24. The lowest BCUT2D eigenvalue weighted by atomic mass is 10.0. The molecule has 108 valence electrons. The molecule has 0 spiro atoms. The van der Waals surface area contributed by atoms with Crippen molar-refractivity contribution in [2.24, 2.45) is 0 Å². The summed E-state index contributed by atoms with van der Waals surface area (Å²) in [5, 5.41) is 3.41. The van der Waals surface area contributed by atoms with Crippen molar-refractivity contribution in [1.82, 2.24) is 5.32 Å². The minimum Gasteiger partial charge on any atom is -0.378 e. The van der Waals surface area contributed by atoms with Gasteiger partial charge in [-0.2, -0.15) is 0 Å². The molecular formula is C14H29NO3. The Morgan fingerprint density at radius 2 is 1.78 bits per heavy atom. The largest absolute Gasteiger partial charge is 0.378 e. The number of carbonyl (C=O) groups is 1. The predicted molar refractivity (Wildman–Crippen MR) is 73.9 cm³/mol. The maximum absolute atomic E-state index is 11.1. The van der Waals surface area contributed by atoms with E-state index in [1.54, 1.807) is 0 Å². The van der Waals surface area contributed by atoms with Crippen LogP contribution in [0.15, 0.2) is 0 Å². The number of hydrogen-bond acceptors (Lipinski definition) is 4. The molecule has 0 heterocycles. The summed E-state index contributed by atoms with van der Waals surface area (Å²) in [6, 6.07) is 0. The second-order valence-corrected chi connectivity index (χ2v) is 5.12. The second-order valence-electron chi connectivity index (χ2n) is 5.12. The highest BCUT2D eigenvalue weighted by Crippen LogP contribution is 2.05. The standard InChI is InChI=1S/C14H29NO3/c1-5-7-13(16)12-18-11-10-17-9-8-15-14(3,4)6-2/h15H,5-12H2,1-4H3. The molecular weight excluding hydrogens is 230 g/mol. The Morgan fingerprint density at radius 3 is 2.39 bits per heavy atom. The lowest BCUT2D eigenvalue weighted by Crippen LogP contribution is -2.40. The van der Waals surface area contributed by atoms with E-state index < -0.39 is 0 Å². The molecule has 4 nitrogen and oxygen atoms in total. The van der Waals surface area contributed by atoms with Crippen molar-refractivity contribution in [2.75, 3.05) is 33.0 Å². The van der Waals surface area contributed by atoms with E-state index >= 15 is 0 Å². The van der Waals surface area contributed by atoms with Crippen molar-refractivity contribution in [3.8, 4) is 0 Å². The molecule has 0 bridgehead atoms. The van der Waals surface area contributed by atoms with Crippen LogP contribution in [0.25, 0.3) is 0 Å². The molecule has 0 saturated carbocycles. The highest BCUT2D eigenvalue weighted by atomic mass is 16.5. The van der Waals surface area contributed by atoms with E-state index in [9.17, 15) is 4.79 Å². The van der Waals surface area contributed by atoms with Crippen molar-refractivity contribution >= 4 is 5.78 Å². The monoisotopic (exact) mass is 259 g/mol. The summed E-state index contributed by atoms with van der Waals surface area (Å²) in [5.74, 6) is 0.170. The number of nitrogens with one attached hydrogen (secondary N) is 1. The van der Waals surface area contributed by atoms with Crippen LogP contribution in [0.2, 0.25) is 0 Å². The number of rotatable bonds is 12. The maximum Gasteiger partial charge on any atom is 0.158 e. The molecule has 0 amide bonds. The van der Waals surface area contributed by atoms with Gasteiger partial charge in [0.15, 0.2) is 5.78 Å². The van der Waals surface area contributed by atoms with E-state index in [0.717, 1.165) is 19.4 Å². The summed E-state index contributed by atoms with van der Waals surface area (Å²) in [6.07, 6.45) is 2.59. The molecule has 0 aromatic heterocycles. The van der Waals surface area contributed by atoms with E-state index in [-0.39, 0.29) is 17.9 Å². The number of hydrogen-bond donors (Lipinski definition) is 1. The number of ketones is 1. The molecule has 0 radical (unpaired) electrons. The van der Waals surface area contributed by atoms with E-state index in [2.05, 4.69) is 26.1 Å². The first-order valence-electron chi connectivity index (χ1n) is 6.94. The predicted octanol–water partition coefficient (Wildman–Crippen LogP) is 2.17. The van der Waals surface area contributed by atoms with Gasteiger partial charge in [-0.1, -0.05) is 13.8 Å². The van der Waals surface area contributed by atoms with Crippen molar-refractivity contribution < 1.29 is 14.3 Å². The Kier molecular flexibility index (Phi) is 10.2. The summed E-state index contributed by atoms with van der Waals surface area (Å²) < 4.78 is 10.6. The Labute approximate surface area is 111 Å². The zero-order valence-corrected chi connectivity index (χ0v) is 12.4. The topological polar surface area (TPSA) is 47.6 Å². The third-order valence-corrected chi connectivity index (χ3v) is 2.90. The zero-order chi connectivity index (χ0) is 13.9. The van der Waals surface area contributed by atoms with Gasteiger partial charge in [0.25, 0.3) is 0 Å². The van der Waals surface area contributed by atoms with E-state index in [1.807, 2.05) is 6.92 Å². The Hall–Kier alpha value is -0.450. The summed E-state index contributed by atoms with van der Waals surface area (Å²) in [7, 11) is 0. The third kappa shape index (κ3) is 10.7. The highest BCUT2D eigenvalue weighted by Gasteiger charge is 2.12. The molecule has 0 atom stereocenters. The summed E-state index contributed by atoms with van der Waals surface area (Å²) >= 11 is 0. The van der Waals surface area contributed by atoms with Crippen molar-refractivity contribution in [3.63, 3.8) is 0 Å². The molecule has 0 aliphatic rings. The van der Waals surface area contributed by atoms with Crippen LogP contribution in [-0.4, -0.2) is 44.3 Å². The van der Waals surface area contributed by atoms with Gasteiger partial charge in [-0.3, -0.25) is 4.79 Å². The molecule has 0 aromatic carbocycles. The average Bonchev–Trinajstić information content (AvgIpc) is 2.33. The zero-order valence-electron chi connectivity index (χ0n) is 12.4. The SMILES string of the molecule is CCCC(=O)COCCOCCNC(C)(C)CC. The molecule has 0 aromatic rings. The van der Waals surface area contributed by atoms with E-state index in [0.29, 0.717) is 26.2 Å². The van der Waals surface area contributed by atoms with Gasteiger partial charge in [0.2, 0.25) is 0 Å². The molecule has 0 aliphatic heterocycles. The maximum atomic E-state index is 11.1. The fourth-order valence-electron chi connectivity index (χ4n) is 1.34. The van der Waals surface area contributed by atoms with Gasteiger partial charge in [0.05, 0.1) is 19.8 Å². The van der Waals surface area contributed by atoms with Crippen molar-refractivity contribution in [1.29, 1.82) is 0 Å². The van der Waals surface area contributed by atoms with Gasteiger partial charge in [-0.15, -0.1) is 0 Å². The molecule has 0 unspecified atom stereocenters. The minimum absolute atomic E-state index is 0.170. The molecule has 0 rings (SSSR count). The van der Waals surface area contributed by atoms with Crippen LogP contribution in [0.3, 0.4) is 0 Å². The number of carbonyl (C=O) groups excluding carboxylic acids is 1. The first-order valence-corrected chi connectivity index (χ1v) is 6.94. The summed E-state index contributed by atoms with van der Waals surface area (Å²) in [4.78, 5) is 11.1. The smallest absolute Gasteiger partial charge is 0.158 e. The van der Waals surface area contributed by atoms with E-state index in [1.165, 1.54) is 0 Å². The van der Waals surface area contributed by atoms with Crippen LogP contribution in [0.5, 0.6) is 0 Å². The molecule has 4 heteroatoms. The van der Waals surface area contributed by atoms with Gasteiger partial charge in [-0.05, 0) is 26.7 Å². The van der Waals surface area contributed by atoms with E-state index in [4.69, 9.17) is 9.47 Å². The number of ether oxygens (including phenoxy) is 2. The van der Waals surface area contributed by atoms with Crippen LogP contribution >= 0.6 is 0 Å². The fraction of sp³-hybridized carbons (Fsp3) is 0.929. The number of Topliss-reactive ketones (excluding diaryl/α,β-unsaturated/α-hetero) is 1. The van der Waals surface area contributed by atoms with Gasteiger partial charge < -0.3 is 14.8 Å². The third-order valence-electron chi connectivity index (χ3n) is 2.90. The van der Waals surface area contributed by atoms with Crippen LogP contribution in [0.1, 0.15) is 47.0 Å². The van der Waals surface area contributed by atoms with Crippen molar-refractivity contribution in [3.05, 3.63) is 0 Å². The lowest BCUT2D eigenvalue weighted by Gasteiger charge is -2.24. The summed E-state index contributed by atoms with van der Waals surface area (Å²) in [6.45, 7) is 11.3. The van der Waals surface area contributed by atoms with Crippen LogP contribution in [0, 0.1) is 0 Å². The van der Waals surface area contributed by atoms with Crippen LogP contribution in [0.4, 0.5) is 0 Å². The average molecular weight is 259 g/mol. The minimum atomic E-state index is 0.170. The van der Waals surface area contributed by atoms with Gasteiger partial charge in [0.1, 0.15) is 6.61 Å². The highest BCUT2D eigenvalue weighted by molar-refractivity contribution is 5.79. The van der Waals surface area contributed by atoms with Gasteiger partial charge >= 0.3 is 0 Å². The molecule has 1 N–H and O–H groups in total. The Bertz CT molecular complexity index is 217. The van der Waals surface area contributed by atoms with Crippen LogP contribution < -0.4 is 5.32 Å². The first-order chi connectivity index (χ1) is 8.52. The van der Waals surface area contributed by atoms with Crippen LogP contribution in [-0.2, 0) is 14.3 Å².